The number of carbonyl (C=O) groups is 1. The van der Waals surface area contributed by atoms with Crippen LogP contribution in [-0.4, -0.2) is 37.1 Å². The predicted octanol–water partition coefficient (Wildman–Crippen LogP) is 2.99. The van der Waals surface area contributed by atoms with Crippen LogP contribution in [0.15, 0.2) is 54.6 Å². The maximum atomic E-state index is 12.9. The standard InChI is InChI=1S/C21H23FN2O2/c22-20-7-4-17(5-8-20)6-9-21(25)23-15-18-2-1-3-19(14-18)16-24-10-12-26-13-11-24/h1-9,14H,10-13,15-16H2,(H,23,25)/b9-6+. The lowest BCUT2D eigenvalue weighted by Gasteiger charge is -2.26. The molecule has 2 aromatic carbocycles. The topological polar surface area (TPSA) is 41.6 Å². The minimum atomic E-state index is -0.288. The highest BCUT2D eigenvalue weighted by atomic mass is 19.1. The third kappa shape index (κ3) is 5.79. The molecule has 0 saturated carbocycles. The molecule has 4 nitrogen and oxygen atoms in total. The molecule has 5 heteroatoms. The molecule has 0 aliphatic carbocycles. The van der Waals surface area contributed by atoms with E-state index >= 15 is 0 Å². The van der Waals surface area contributed by atoms with Crippen LogP contribution >= 0.6 is 0 Å². The monoisotopic (exact) mass is 354 g/mol. The average molecular weight is 354 g/mol. The van der Waals surface area contributed by atoms with Gasteiger partial charge < -0.3 is 10.1 Å². The normalized spacial score (nSPS) is 15.3. The second-order valence-electron chi connectivity index (χ2n) is 6.31. The number of morpholine rings is 1. The van der Waals surface area contributed by atoms with Gasteiger partial charge in [-0.2, -0.15) is 0 Å². The largest absolute Gasteiger partial charge is 0.379 e. The molecular weight excluding hydrogens is 331 g/mol. The van der Waals surface area contributed by atoms with Crippen LogP contribution in [0.5, 0.6) is 0 Å². The van der Waals surface area contributed by atoms with E-state index < -0.39 is 0 Å². The lowest BCUT2D eigenvalue weighted by molar-refractivity contribution is -0.116. The number of amides is 1. The zero-order chi connectivity index (χ0) is 18.2. The van der Waals surface area contributed by atoms with Gasteiger partial charge in [-0.05, 0) is 34.9 Å². The molecule has 26 heavy (non-hydrogen) atoms. The minimum Gasteiger partial charge on any atom is -0.379 e. The van der Waals surface area contributed by atoms with E-state index in [-0.39, 0.29) is 11.7 Å². The van der Waals surface area contributed by atoms with Gasteiger partial charge in [0.2, 0.25) is 5.91 Å². The van der Waals surface area contributed by atoms with Gasteiger partial charge in [0.05, 0.1) is 13.2 Å². The number of nitrogens with one attached hydrogen (secondary N) is 1. The van der Waals surface area contributed by atoms with Crippen molar-refractivity contribution in [1.82, 2.24) is 10.2 Å². The predicted molar refractivity (Wildman–Crippen MR) is 99.8 cm³/mol. The van der Waals surface area contributed by atoms with E-state index in [4.69, 9.17) is 4.74 Å². The Labute approximate surface area is 153 Å². The summed E-state index contributed by atoms with van der Waals surface area (Å²) in [6.07, 6.45) is 3.13. The van der Waals surface area contributed by atoms with E-state index in [1.807, 2.05) is 12.1 Å². The van der Waals surface area contributed by atoms with Crippen molar-refractivity contribution in [3.63, 3.8) is 0 Å². The van der Waals surface area contributed by atoms with Crippen molar-refractivity contribution in [1.29, 1.82) is 0 Å². The van der Waals surface area contributed by atoms with E-state index in [1.54, 1.807) is 18.2 Å². The first-order valence-electron chi connectivity index (χ1n) is 8.78. The molecule has 0 unspecified atom stereocenters. The number of rotatable bonds is 6. The second-order valence-corrected chi connectivity index (χ2v) is 6.31. The Morgan fingerprint density at radius 3 is 2.62 bits per heavy atom. The van der Waals surface area contributed by atoms with E-state index in [2.05, 4.69) is 22.3 Å². The Morgan fingerprint density at radius 1 is 1.12 bits per heavy atom. The summed E-state index contributed by atoms with van der Waals surface area (Å²) in [5.74, 6) is -0.462. The number of halogens is 1. The molecule has 0 atom stereocenters. The highest BCUT2D eigenvalue weighted by Gasteiger charge is 2.10. The van der Waals surface area contributed by atoms with E-state index in [9.17, 15) is 9.18 Å². The fourth-order valence-corrected chi connectivity index (χ4v) is 2.85. The lowest BCUT2D eigenvalue weighted by Crippen LogP contribution is -2.35. The second kappa shape index (κ2) is 9.27. The Morgan fingerprint density at radius 2 is 1.85 bits per heavy atom. The fraction of sp³-hybridized carbons (Fsp3) is 0.286. The summed E-state index contributed by atoms with van der Waals surface area (Å²) in [6, 6.07) is 14.3. The Hall–Kier alpha value is -2.50. The van der Waals surface area contributed by atoms with Gasteiger partial charge in [0.1, 0.15) is 5.82 Å². The van der Waals surface area contributed by atoms with E-state index in [0.717, 1.165) is 44.0 Å². The molecule has 1 N–H and O–H groups in total. The number of carbonyl (C=O) groups excluding carboxylic acids is 1. The summed E-state index contributed by atoms with van der Waals surface area (Å²) in [5, 5.41) is 2.88. The summed E-state index contributed by atoms with van der Waals surface area (Å²) in [5.41, 5.74) is 3.09. The average Bonchev–Trinajstić information content (AvgIpc) is 2.67. The van der Waals surface area contributed by atoms with Crippen LogP contribution in [-0.2, 0) is 22.6 Å². The molecule has 1 saturated heterocycles. The number of hydrogen-bond donors (Lipinski definition) is 1. The SMILES string of the molecule is O=C(/C=C/c1ccc(F)cc1)NCc1cccc(CN2CCOCC2)c1. The number of benzene rings is 2. The van der Waals surface area contributed by atoms with Gasteiger partial charge in [-0.15, -0.1) is 0 Å². The maximum absolute atomic E-state index is 12.9. The van der Waals surface area contributed by atoms with Gasteiger partial charge in [0.25, 0.3) is 0 Å². The van der Waals surface area contributed by atoms with Gasteiger partial charge in [0.15, 0.2) is 0 Å². The molecule has 1 aliphatic heterocycles. The zero-order valence-corrected chi connectivity index (χ0v) is 14.7. The van der Waals surface area contributed by atoms with Crippen molar-refractivity contribution >= 4 is 12.0 Å². The lowest BCUT2D eigenvalue weighted by atomic mass is 10.1. The van der Waals surface area contributed by atoms with Gasteiger partial charge in [-0.3, -0.25) is 9.69 Å². The highest BCUT2D eigenvalue weighted by molar-refractivity contribution is 5.91. The van der Waals surface area contributed by atoms with Crippen molar-refractivity contribution in [3.05, 3.63) is 77.1 Å². The van der Waals surface area contributed by atoms with Crippen LogP contribution in [0, 0.1) is 5.82 Å². The molecule has 3 rings (SSSR count). The van der Waals surface area contributed by atoms with Crippen LogP contribution in [0.3, 0.4) is 0 Å². The highest BCUT2D eigenvalue weighted by Crippen LogP contribution is 2.10. The van der Waals surface area contributed by atoms with Crippen LogP contribution in [0.25, 0.3) is 6.08 Å². The molecule has 136 valence electrons. The number of hydrogen-bond acceptors (Lipinski definition) is 3. The van der Waals surface area contributed by atoms with Crippen LogP contribution in [0.1, 0.15) is 16.7 Å². The third-order valence-corrected chi connectivity index (χ3v) is 4.27. The van der Waals surface area contributed by atoms with E-state index in [0.29, 0.717) is 6.54 Å². The van der Waals surface area contributed by atoms with Crippen molar-refractivity contribution < 1.29 is 13.9 Å². The summed E-state index contributed by atoms with van der Waals surface area (Å²) in [6.45, 7) is 4.86. The van der Waals surface area contributed by atoms with Crippen LogP contribution in [0.2, 0.25) is 0 Å². The molecule has 1 fully saturated rings. The van der Waals surface area contributed by atoms with Gasteiger partial charge in [-0.25, -0.2) is 4.39 Å². The van der Waals surface area contributed by atoms with Crippen molar-refractivity contribution in [3.8, 4) is 0 Å². The molecule has 1 heterocycles. The van der Waals surface area contributed by atoms with Gasteiger partial charge >= 0.3 is 0 Å². The molecule has 2 aromatic rings. The smallest absolute Gasteiger partial charge is 0.244 e. The zero-order valence-electron chi connectivity index (χ0n) is 14.7. The third-order valence-electron chi connectivity index (χ3n) is 4.27. The van der Waals surface area contributed by atoms with E-state index in [1.165, 1.54) is 23.8 Å². The molecule has 0 bridgehead atoms. The molecule has 0 aromatic heterocycles. The van der Waals surface area contributed by atoms with Crippen LogP contribution < -0.4 is 5.32 Å². The maximum Gasteiger partial charge on any atom is 0.244 e. The first kappa shape index (κ1) is 18.3. The molecule has 1 amide bonds. The molecular formula is C21H23FN2O2. The number of ether oxygens (including phenoxy) is 1. The summed E-state index contributed by atoms with van der Waals surface area (Å²) < 4.78 is 18.2. The van der Waals surface area contributed by atoms with Crippen molar-refractivity contribution in [2.24, 2.45) is 0 Å². The first-order valence-corrected chi connectivity index (χ1v) is 8.78. The Bertz CT molecular complexity index is 753. The van der Waals surface area contributed by atoms with Gasteiger partial charge in [-0.1, -0.05) is 36.4 Å². The molecule has 1 aliphatic rings. The summed E-state index contributed by atoms with van der Waals surface area (Å²) >= 11 is 0. The minimum absolute atomic E-state index is 0.173. The first-order chi connectivity index (χ1) is 12.7. The van der Waals surface area contributed by atoms with Crippen molar-refractivity contribution in [2.75, 3.05) is 26.3 Å². The summed E-state index contributed by atoms with van der Waals surface area (Å²) in [4.78, 5) is 14.3. The Balaban J connectivity index is 1.49. The van der Waals surface area contributed by atoms with Gasteiger partial charge in [0, 0.05) is 32.3 Å². The van der Waals surface area contributed by atoms with Crippen LogP contribution in [0.4, 0.5) is 4.39 Å². The Kier molecular flexibility index (Phi) is 6.52. The molecule has 0 radical (unpaired) electrons. The quantitative estimate of drug-likeness (QED) is 0.811. The summed E-state index contributed by atoms with van der Waals surface area (Å²) in [7, 11) is 0. The van der Waals surface area contributed by atoms with Crippen molar-refractivity contribution in [2.45, 2.75) is 13.1 Å². The number of nitrogens with zero attached hydrogens (tertiary/aromatic N) is 1. The molecule has 0 spiro atoms. The fourth-order valence-electron chi connectivity index (χ4n) is 2.85.